The molecule has 0 aromatic heterocycles. The van der Waals surface area contributed by atoms with E-state index in [1.54, 1.807) is 12.1 Å². The summed E-state index contributed by atoms with van der Waals surface area (Å²) in [5.41, 5.74) is -0.458. The quantitative estimate of drug-likeness (QED) is 0.0756. The van der Waals surface area contributed by atoms with Crippen LogP contribution in [0.2, 0.25) is 0 Å². The Hall–Kier alpha value is -2.98. The molecule has 0 bridgehead atoms. The van der Waals surface area contributed by atoms with Crippen LogP contribution in [0.25, 0.3) is 9.95 Å². The summed E-state index contributed by atoms with van der Waals surface area (Å²) in [5, 5.41) is 37.0. The molecule has 0 radical (unpaired) electrons. The maximum absolute atomic E-state index is 10.2. The molecule has 188 valence electrons. The summed E-state index contributed by atoms with van der Waals surface area (Å²) in [6, 6.07) is 11.4. The Morgan fingerprint density at radius 1 is 0.657 bits per heavy atom. The molecule has 0 atom stereocenters. The SMILES string of the molecule is N#[N+]c1ccccc1[N+](=O)[O-].N#[N+]c1ccccc1[N+](=O)[O-].O=S(=O)([O-])[O-].O=S(=O)([O-])[O-].[Cl-].[Cl-].[H+].[Zn+2]. The average molecular weight is 630 g/mol. The van der Waals surface area contributed by atoms with Gasteiger partial charge in [-0.05, 0) is 0 Å². The van der Waals surface area contributed by atoms with Gasteiger partial charge in [-0.25, -0.2) is 0 Å². The van der Waals surface area contributed by atoms with Gasteiger partial charge in [-0.15, -0.1) is 0 Å². The first-order valence-electron chi connectivity index (χ1n) is 7.01. The van der Waals surface area contributed by atoms with E-state index in [0.717, 1.165) is 0 Å². The number of nitro benzene ring substituents is 2. The van der Waals surface area contributed by atoms with E-state index >= 15 is 0 Å². The van der Waals surface area contributed by atoms with Gasteiger partial charge in [-0.2, -0.15) is 0 Å². The summed E-state index contributed by atoms with van der Waals surface area (Å²) in [5.74, 6) is 0. The Bertz CT molecular complexity index is 1140. The van der Waals surface area contributed by atoms with Crippen LogP contribution in [0.5, 0.6) is 0 Å². The first-order valence-corrected chi connectivity index (χ1v) is 9.68. The maximum Gasteiger partial charge on any atom is 2.00 e. The minimum Gasteiger partial charge on any atom is -1.00 e. The molecule has 0 fully saturated rings. The van der Waals surface area contributed by atoms with Gasteiger partial charge in [0, 0.05) is 45.1 Å². The van der Waals surface area contributed by atoms with Gasteiger partial charge in [0.15, 0.2) is 9.95 Å². The van der Waals surface area contributed by atoms with Crippen molar-refractivity contribution in [3.05, 3.63) is 78.7 Å². The van der Waals surface area contributed by atoms with Crippen LogP contribution in [-0.2, 0) is 40.3 Å². The Labute approximate surface area is 223 Å². The number of hydrogen-bond acceptors (Lipinski definition) is 14. The Kier molecular flexibility index (Phi) is 24.6. The minimum atomic E-state index is -5.17. The van der Waals surface area contributed by atoms with Gasteiger partial charge in [-0.1, -0.05) is 24.3 Å². The molecule has 23 heteroatoms. The van der Waals surface area contributed by atoms with Gasteiger partial charge in [-0.3, -0.25) is 37.1 Å². The summed E-state index contributed by atoms with van der Waals surface area (Å²) in [7, 11) is -10.3. The summed E-state index contributed by atoms with van der Waals surface area (Å²) >= 11 is 0. The number of benzene rings is 2. The fourth-order valence-electron chi connectivity index (χ4n) is 1.41. The molecule has 35 heavy (non-hydrogen) atoms. The van der Waals surface area contributed by atoms with Crippen molar-refractivity contribution >= 4 is 43.5 Å². The molecule has 0 saturated carbocycles. The molecule has 0 saturated heterocycles. The summed E-state index contributed by atoms with van der Waals surface area (Å²) in [6.45, 7) is 0. The van der Waals surface area contributed by atoms with Crippen LogP contribution in [0.15, 0.2) is 48.5 Å². The number of nitro groups is 2. The van der Waals surface area contributed by atoms with E-state index in [1.165, 1.54) is 36.4 Å². The third-order valence-corrected chi connectivity index (χ3v) is 2.37. The second-order valence-corrected chi connectivity index (χ2v) is 6.14. The average Bonchev–Trinajstić information content (AvgIpc) is 2.65. The standard InChI is InChI=1S/2C6H4N3O2.2ClH.2H2O4S.Zn/c2*7-8-5-3-1-2-4-6(5)9(10)11;;;2*1-5(2,3)4;/h2*1-4H;2*1H;2*(H2,1,2,3,4);/q2*+1;;;;;+2/p-5. The monoisotopic (exact) mass is 627 g/mol. The fraction of sp³-hybridized carbons (Fsp3) is 0. The third-order valence-electron chi connectivity index (χ3n) is 2.37. The van der Waals surface area contributed by atoms with E-state index in [2.05, 4.69) is 9.95 Å². The molecule has 0 N–H and O–H groups in total. The van der Waals surface area contributed by atoms with Crippen molar-refractivity contribution in [1.29, 1.82) is 10.8 Å². The third kappa shape index (κ3) is 27.2. The van der Waals surface area contributed by atoms with Gasteiger partial charge >= 0.3 is 43.7 Å². The molecular formula is C12H9Cl2N6O12S2Zn-. The molecule has 0 aliphatic carbocycles. The second kappa shape index (κ2) is 20.4. The van der Waals surface area contributed by atoms with Crippen LogP contribution >= 0.6 is 0 Å². The van der Waals surface area contributed by atoms with Crippen LogP contribution in [0.1, 0.15) is 1.43 Å². The van der Waals surface area contributed by atoms with Gasteiger partial charge in [0.25, 0.3) is 0 Å². The Morgan fingerprint density at radius 2 is 0.857 bits per heavy atom. The zero-order valence-corrected chi connectivity index (χ0v) is 22.6. The van der Waals surface area contributed by atoms with Crippen molar-refractivity contribution in [2.75, 3.05) is 0 Å². The van der Waals surface area contributed by atoms with E-state index in [9.17, 15) is 20.2 Å². The number of rotatable bonds is 2. The predicted octanol–water partition coefficient (Wildman–Crippen LogP) is -4.40. The fourth-order valence-corrected chi connectivity index (χ4v) is 1.41. The van der Waals surface area contributed by atoms with E-state index < -0.39 is 30.6 Å². The largest absolute Gasteiger partial charge is 2.00 e. The van der Waals surface area contributed by atoms with Crippen LogP contribution in [0.4, 0.5) is 22.7 Å². The molecule has 18 nitrogen and oxygen atoms in total. The molecule has 0 aliphatic rings. The summed E-state index contributed by atoms with van der Waals surface area (Å²) in [6.07, 6.45) is 0. The van der Waals surface area contributed by atoms with Crippen LogP contribution in [-0.4, -0.2) is 44.9 Å². The van der Waals surface area contributed by atoms with E-state index in [-0.39, 0.29) is 68.5 Å². The molecule has 0 heterocycles. The van der Waals surface area contributed by atoms with Crippen LogP contribution in [0, 0.1) is 31.0 Å². The molecule has 0 spiro atoms. The van der Waals surface area contributed by atoms with Gasteiger partial charge < -0.3 is 43.0 Å². The molecule has 2 aromatic carbocycles. The van der Waals surface area contributed by atoms with Crippen molar-refractivity contribution in [3.8, 4) is 0 Å². The number of hydrogen-bond donors (Lipinski definition) is 0. The number of para-hydroxylation sites is 2. The van der Waals surface area contributed by atoms with Gasteiger partial charge in [0.05, 0.1) is 9.85 Å². The predicted molar refractivity (Wildman–Crippen MR) is 97.7 cm³/mol. The first-order chi connectivity index (χ1) is 14.5. The van der Waals surface area contributed by atoms with Crippen molar-refractivity contribution in [3.63, 3.8) is 0 Å². The first kappa shape index (κ1) is 42.2. The number of diazo groups is 2. The Morgan fingerprint density at radius 3 is 1.00 bits per heavy atom. The second-order valence-electron chi connectivity index (χ2n) is 4.51. The van der Waals surface area contributed by atoms with Crippen molar-refractivity contribution in [1.82, 2.24) is 0 Å². The summed E-state index contributed by atoms with van der Waals surface area (Å²) in [4.78, 5) is 24.7. The zero-order valence-electron chi connectivity index (χ0n) is 17.5. The molecule has 2 aromatic rings. The molecule has 2 rings (SSSR count). The van der Waals surface area contributed by atoms with Gasteiger partial charge in [0.1, 0.15) is 0 Å². The molecule has 0 unspecified atom stereocenters. The topological polar surface area (TPSA) is 303 Å². The smallest absolute Gasteiger partial charge is 1.00 e. The maximum atomic E-state index is 10.2. The molecule has 0 aliphatic heterocycles. The number of halogens is 2. The van der Waals surface area contributed by atoms with Gasteiger partial charge in [0.2, 0.25) is 10.8 Å². The van der Waals surface area contributed by atoms with Crippen molar-refractivity contribution < 1.29 is 90.6 Å². The normalized spacial score (nSPS) is 8.74. The van der Waals surface area contributed by atoms with Crippen LogP contribution in [0.3, 0.4) is 0 Å². The van der Waals surface area contributed by atoms with E-state index in [4.69, 9.17) is 45.8 Å². The zero-order chi connectivity index (χ0) is 25.5. The van der Waals surface area contributed by atoms with E-state index in [0.29, 0.717) is 0 Å². The minimum absolute atomic E-state index is 0. The van der Waals surface area contributed by atoms with Crippen LogP contribution < -0.4 is 24.8 Å². The Balaban J connectivity index is -0.0000000854. The van der Waals surface area contributed by atoms with Crippen molar-refractivity contribution in [2.24, 2.45) is 0 Å². The molecule has 0 amide bonds. The van der Waals surface area contributed by atoms with Crippen molar-refractivity contribution in [2.45, 2.75) is 0 Å². The van der Waals surface area contributed by atoms with E-state index in [1.807, 2.05) is 0 Å². The number of nitrogens with zero attached hydrogens (tertiary/aromatic N) is 6. The summed E-state index contributed by atoms with van der Waals surface area (Å²) < 4.78 is 68.2. The molecular weight excluding hydrogens is 621 g/mol.